The average Bonchev–Trinajstić information content (AvgIpc) is 2.06. The normalized spacial score (nSPS) is 19.4. The molecular formula is C10H19NS. The van der Waals surface area contributed by atoms with Crippen LogP contribution in [0.1, 0.15) is 19.3 Å². The van der Waals surface area contributed by atoms with E-state index in [2.05, 4.69) is 23.7 Å². The van der Waals surface area contributed by atoms with E-state index >= 15 is 0 Å². The van der Waals surface area contributed by atoms with Gasteiger partial charge in [0.15, 0.2) is 0 Å². The molecule has 0 atom stereocenters. The van der Waals surface area contributed by atoms with Crippen LogP contribution in [0.25, 0.3) is 0 Å². The van der Waals surface area contributed by atoms with Crippen molar-refractivity contribution in [1.29, 1.82) is 0 Å². The van der Waals surface area contributed by atoms with E-state index in [9.17, 15) is 0 Å². The molecule has 1 rings (SSSR count). The second kappa shape index (κ2) is 5.65. The van der Waals surface area contributed by atoms with Gasteiger partial charge in [0.1, 0.15) is 0 Å². The lowest BCUT2D eigenvalue weighted by molar-refractivity contribution is 0.481. The van der Waals surface area contributed by atoms with Crippen molar-refractivity contribution >= 4 is 11.8 Å². The van der Waals surface area contributed by atoms with Crippen molar-refractivity contribution in [3.8, 4) is 0 Å². The van der Waals surface area contributed by atoms with Crippen LogP contribution in [0.5, 0.6) is 0 Å². The summed E-state index contributed by atoms with van der Waals surface area (Å²) in [5, 5.41) is 3.15. The second-order valence-electron chi connectivity index (χ2n) is 3.54. The summed E-state index contributed by atoms with van der Waals surface area (Å²) >= 11 is 2.09. The molecule has 2 heteroatoms. The van der Waals surface area contributed by atoms with Gasteiger partial charge in [-0.05, 0) is 43.7 Å². The molecule has 1 heterocycles. The van der Waals surface area contributed by atoms with Crippen LogP contribution in [0.2, 0.25) is 0 Å². The Morgan fingerprint density at radius 3 is 2.75 bits per heavy atom. The number of hydrogen-bond acceptors (Lipinski definition) is 2. The first-order chi connectivity index (χ1) is 5.83. The highest BCUT2D eigenvalue weighted by Gasteiger charge is 2.13. The first-order valence-electron chi connectivity index (χ1n) is 4.72. The summed E-state index contributed by atoms with van der Waals surface area (Å²) in [7, 11) is 1.99. The van der Waals surface area contributed by atoms with Gasteiger partial charge in [0, 0.05) is 6.54 Å². The van der Waals surface area contributed by atoms with Gasteiger partial charge in [0.05, 0.1) is 0 Å². The molecule has 1 aliphatic rings. The van der Waals surface area contributed by atoms with Crippen molar-refractivity contribution < 1.29 is 0 Å². The van der Waals surface area contributed by atoms with Gasteiger partial charge in [-0.15, -0.1) is 0 Å². The fourth-order valence-electron chi connectivity index (χ4n) is 1.68. The van der Waals surface area contributed by atoms with Crippen LogP contribution in [-0.2, 0) is 0 Å². The lowest BCUT2D eigenvalue weighted by Crippen LogP contribution is -2.15. The molecule has 0 aromatic carbocycles. The first kappa shape index (κ1) is 10.1. The van der Waals surface area contributed by atoms with Gasteiger partial charge < -0.3 is 5.32 Å². The average molecular weight is 185 g/mol. The Kier molecular flexibility index (Phi) is 4.77. The Morgan fingerprint density at radius 2 is 2.17 bits per heavy atom. The van der Waals surface area contributed by atoms with Crippen LogP contribution >= 0.6 is 11.8 Å². The lowest BCUT2D eigenvalue weighted by Gasteiger charge is -2.21. The molecule has 1 nitrogen and oxygen atoms in total. The maximum absolute atomic E-state index is 4.07. The topological polar surface area (TPSA) is 12.0 Å². The highest BCUT2D eigenvalue weighted by Crippen LogP contribution is 2.27. The van der Waals surface area contributed by atoms with Crippen LogP contribution in [-0.4, -0.2) is 25.1 Å². The zero-order valence-corrected chi connectivity index (χ0v) is 8.75. The zero-order chi connectivity index (χ0) is 8.81. The molecular weight excluding hydrogens is 166 g/mol. The van der Waals surface area contributed by atoms with E-state index in [4.69, 9.17) is 0 Å². The quantitative estimate of drug-likeness (QED) is 0.674. The molecule has 1 N–H and O–H groups in total. The SMILES string of the molecule is C=C(CNC)CC1CCSCC1. The molecule has 1 saturated heterocycles. The van der Waals surface area contributed by atoms with Gasteiger partial charge in [0.25, 0.3) is 0 Å². The maximum atomic E-state index is 4.07. The highest BCUT2D eigenvalue weighted by atomic mass is 32.2. The van der Waals surface area contributed by atoms with Crippen molar-refractivity contribution in [3.05, 3.63) is 12.2 Å². The fraction of sp³-hybridized carbons (Fsp3) is 0.800. The monoisotopic (exact) mass is 185 g/mol. The van der Waals surface area contributed by atoms with E-state index in [0.29, 0.717) is 0 Å². The number of nitrogens with one attached hydrogen (secondary N) is 1. The third-order valence-corrected chi connectivity index (χ3v) is 3.39. The standard InChI is InChI=1S/C10H19NS/c1-9(8-11-2)7-10-3-5-12-6-4-10/h10-11H,1,3-8H2,2H3. The minimum Gasteiger partial charge on any atom is -0.316 e. The van der Waals surface area contributed by atoms with Gasteiger partial charge in [-0.2, -0.15) is 11.8 Å². The van der Waals surface area contributed by atoms with E-state index in [-0.39, 0.29) is 0 Å². The first-order valence-corrected chi connectivity index (χ1v) is 5.87. The molecule has 0 aliphatic carbocycles. The van der Waals surface area contributed by atoms with E-state index in [0.717, 1.165) is 12.5 Å². The summed E-state index contributed by atoms with van der Waals surface area (Å²) in [6.07, 6.45) is 4.03. The molecule has 1 fully saturated rings. The molecule has 0 aromatic heterocycles. The second-order valence-corrected chi connectivity index (χ2v) is 4.76. The summed E-state index contributed by atoms with van der Waals surface area (Å²) in [5.41, 5.74) is 1.37. The number of thioether (sulfide) groups is 1. The van der Waals surface area contributed by atoms with Crippen LogP contribution in [0.4, 0.5) is 0 Å². The van der Waals surface area contributed by atoms with Crippen LogP contribution < -0.4 is 5.32 Å². The Hall–Kier alpha value is 0.0500. The van der Waals surface area contributed by atoms with Gasteiger partial charge >= 0.3 is 0 Å². The third-order valence-electron chi connectivity index (χ3n) is 2.35. The highest BCUT2D eigenvalue weighted by molar-refractivity contribution is 7.99. The van der Waals surface area contributed by atoms with Gasteiger partial charge in [-0.1, -0.05) is 12.2 Å². The Labute approximate surface area is 80.0 Å². The van der Waals surface area contributed by atoms with Crippen molar-refractivity contribution in [2.75, 3.05) is 25.1 Å². The van der Waals surface area contributed by atoms with Crippen LogP contribution in [0.15, 0.2) is 12.2 Å². The van der Waals surface area contributed by atoms with E-state index in [1.165, 1.54) is 36.3 Å². The summed E-state index contributed by atoms with van der Waals surface area (Å²) < 4.78 is 0. The third kappa shape index (κ3) is 3.63. The number of hydrogen-bond donors (Lipinski definition) is 1. The van der Waals surface area contributed by atoms with Crippen LogP contribution in [0, 0.1) is 5.92 Å². The number of rotatable bonds is 4. The van der Waals surface area contributed by atoms with Gasteiger partial charge in [0.2, 0.25) is 0 Å². The van der Waals surface area contributed by atoms with Crippen molar-refractivity contribution in [1.82, 2.24) is 5.32 Å². The Bertz CT molecular complexity index is 139. The molecule has 1 aliphatic heterocycles. The van der Waals surface area contributed by atoms with E-state index < -0.39 is 0 Å². The predicted octanol–water partition coefficient (Wildman–Crippen LogP) is 2.30. The fourth-order valence-corrected chi connectivity index (χ4v) is 2.89. The van der Waals surface area contributed by atoms with Crippen molar-refractivity contribution in [3.63, 3.8) is 0 Å². The lowest BCUT2D eigenvalue weighted by atomic mass is 9.95. The largest absolute Gasteiger partial charge is 0.316 e. The van der Waals surface area contributed by atoms with Crippen molar-refractivity contribution in [2.45, 2.75) is 19.3 Å². The summed E-state index contributed by atoms with van der Waals surface area (Å²) in [6.45, 7) is 5.06. The Morgan fingerprint density at radius 1 is 1.50 bits per heavy atom. The predicted molar refractivity (Wildman–Crippen MR) is 57.7 cm³/mol. The molecule has 0 spiro atoms. The van der Waals surface area contributed by atoms with E-state index in [1.807, 2.05) is 7.05 Å². The van der Waals surface area contributed by atoms with Gasteiger partial charge in [-0.3, -0.25) is 0 Å². The summed E-state index contributed by atoms with van der Waals surface area (Å²) in [4.78, 5) is 0. The van der Waals surface area contributed by atoms with Crippen molar-refractivity contribution in [2.24, 2.45) is 5.92 Å². The molecule has 0 bridgehead atoms. The molecule has 0 amide bonds. The summed E-state index contributed by atoms with van der Waals surface area (Å²) in [6, 6.07) is 0. The molecule has 0 aromatic rings. The maximum Gasteiger partial charge on any atom is 0.0159 e. The summed E-state index contributed by atoms with van der Waals surface area (Å²) in [5.74, 6) is 3.64. The smallest absolute Gasteiger partial charge is 0.0159 e. The Balaban J connectivity index is 2.15. The van der Waals surface area contributed by atoms with Gasteiger partial charge in [-0.25, -0.2) is 0 Å². The molecule has 12 heavy (non-hydrogen) atoms. The molecule has 0 radical (unpaired) electrons. The minimum absolute atomic E-state index is 0.923. The van der Waals surface area contributed by atoms with Crippen LogP contribution in [0.3, 0.4) is 0 Å². The van der Waals surface area contributed by atoms with E-state index in [1.54, 1.807) is 0 Å². The molecule has 0 unspecified atom stereocenters. The number of likely N-dealkylation sites (N-methyl/N-ethyl adjacent to an activating group) is 1. The zero-order valence-electron chi connectivity index (χ0n) is 7.94. The molecule has 70 valence electrons. The minimum atomic E-state index is 0.923. The molecule has 0 saturated carbocycles.